The molecule has 3 aliphatic heterocycles. The molecule has 3 N–H and O–H groups in total. The highest BCUT2D eigenvalue weighted by atomic mass is 32.2. The van der Waals surface area contributed by atoms with Crippen LogP contribution in [0.15, 0.2) is 12.1 Å². The zero-order valence-corrected chi connectivity index (χ0v) is 20.8. The topological polar surface area (TPSA) is 131 Å². The normalized spacial score (nSPS) is 26.2. The molecule has 0 spiro atoms. The number of hydrogen-bond donors (Lipinski definition) is 2. The minimum absolute atomic E-state index is 0.00536. The number of benzene rings is 1. The molecule has 0 aliphatic carbocycles. The second kappa shape index (κ2) is 9.67. The van der Waals surface area contributed by atoms with Crippen LogP contribution in [-0.4, -0.2) is 78.2 Å². The lowest BCUT2D eigenvalue weighted by atomic mass is 9.77. The van der Waals surface area contributed by atoms with Crippen LogP contribution in [0, 0.1) is 5.92 Å². The second-order valence-electron chi connectivity index (χ2n) is 9.05. The number of nitrogens with zero attached hydrogens (tertiary/aromatic N) is 2. The van der Waals surface area contributed by atoms with E-state index < -0.39 is 20.2 Å². The van der Waals surface area contributed by atoms with Gasteiger partial charge in [0, 0.05) is 43.8 Å². The largest absolute Gasteiger partial charge is 0.493 e. The summed E-state index contributed by atoms with van der Waals surface area (Å²) in [4.78, 5) is 2.49. The van der Waals surface area contributed by atoms with E-state index in [4.69, 9.17) is 14.6 Å². The fourth-order valence-electron chi connectivity index (χ4n) is 5.77. The molecule has 2 saturated heterocycles. The van der Waals surface area contributed by atoms with Crippen molar-refractivity contribution < 1.29 is 26.3 Å². The zero-order valence-electron chi connectivity index (χ0n) is 19.2. The van der Waals surface area contributed by atoms with Gasteiger partial charge in [0.15, 0.2) is 11.5 Å². The van der Waals surface area contributed by atoms with Gasteiger partial charge in [-0.05, 0) is 49.7 Å². The summed E-state index contributed by atoms with van der Waals surface area (Å²) < 4.78 is 63.5. The summed E-state index contributed by atoms with van der Waals surface area (Å²) in [5.74, 6) is 1.68. The van der Waals surface area contributed by atoms with Crippen LogP contribution in [-0.2, 0) is 26.7 Å². The van der Waals surface area contributed by atoms with Crippen LogP contribution >= 0.6 is 0 Å². The molecule has 1 aromatic rings. The zero-order chi connectivity index (χ0) is 23.8. The predicted octanol–water partition coefficient (Wildman–Crippen LogP) is 0.600. The Balaban J connectivity index is 1.54. The minimum Gasteiger partial charge on any atom is -0.493 e. The molecule has 33 heavy (non-hydrogen) atoms. The molecule has 3 aliphatic rings. The van der Waals surface area contributed by atoms with Gasteiger partial charge < -0.3 is 9.47 Å². The molecule has 0 bridgehead atoms. The summed E-state index contributed by atoms with van der Waals surface area (Å²) >= 11 is 0. The first-order valence-electron chi connectivity index (χ1n) is 11.4. The third-order valence-electron chi connectivity index (χ3n) is 7.17. The van der Waals surface area contributed by atoms with Crippen molar-refractivity contribution in [3.05, 3.63) is 23.3 Å². The summed E-state index contributed by atoms with van der Waals surface area (Å²) in [6.07, 6.45) is 3.66. The van der Waals surface area contributed by atoms with Gasteiger partial charge in [0.2, 0.25) is 10.0 Å². The monoisotopic (exact) mass is 502 g/mol. The Kier molecular flexibility index (Phi) is 7.23. The van der Waals surface area contributed by atoms with Crippen LogP contribution in [0.4, 0.5) is 0 Å². The van der Waals surface area contributed by atoms with Crippen LogP contribution < -0.4 is 19.3 Å². The summed E-state index contributed by atoms with van der Waals surface area (Å²) in [5, 5.41) is 4.94. The fraction of sp³-hybridized carbons (Fsp3) is 0.714. The molecule has 0 amide bonds. The Morgan fingerprint density at radius 2 is 1.94 bits per heavy atom. The molecule has 3 atom stereocenters. The first-order valence-corrected chi connectivity index (χ1v) is 14.5. The van der Waals surface area contributed by atoms with Crippen molar-refractivity contribution in [1.29, 1.82) is 0 Å². The molecule has 2 fully saturated rings. The maximum Gasteiger partial charge on any atom is 0.274 e. The first kappa shape index (κ1) is 24.7. The summed E-state index contributed by atoms with van der Waals surface area (Å²) in [7, 11) is -4.05. The number of sulfonamides is 1. The van der Waals surface area contributed by atoms with Crippen molar-refractivity contribution in [3.63, 3.8) is 0 Å². The van der Waals surface area contributed by atoms with Gasteiger partial charge in [0.05, 0.1) is 20.0 Å². The van der Waals surface area contributed by atoms with Crippen molar-refractivity contribution in [3.8, 4) is 11.5 Å². The average molecular weight is 503 g/mol. The number of ether oxygens (including phenoxy) is 2. The number of hydrogen-bond acceptors (Lipinski definition) is 7. The van der Waals surface area contributed by atoms with Crippen LogP contribution in [0.2, 0.25) is 0 Å². The lowest BCUT2D eigenvalue weighted by molar-refractivity contribution is 0.0216. The van der Waals surface area contributed by atoms with Crippen LogP contribution in [0.25, 0.3) is 0 Å². The van der Waals surface area contributed by atoms with Gasteiger partial charge >= 0.3 is 0 Å². The van der Waals surface area contributed by atoms with E-state index in [-0.39, 0.29) is 30.8 Å². The summed E-state index contributed by atoms with van der Waals surface area (Å²) in [6, 6.07) is 4.10. The summed E-state index contributed by atoms with van der Waals surface area (Å²) in [5.41, 5.74) is 2.34. The van der Waals surface area contributed by atoms with Crippen molar-refractivity contribution in [2.45, 2.75) is 44.2 Å². The van der Waals surface area contributed by atoms with Gasteiger partial charge in [-0.1, -0.05) is 6.07 Å². The van der Waals surface area contributed by atoms with E-state index in [1.807, 2.05) is 6.07 Å². The number of nitrogens with two attached hydrogens (primary N) is 1. The molecule has 0 aromatic heterocycles. The molecule has 12 heteroatoms. The third-order valence-corrected chi connectivity index (χ3v) is 9.75. The van der Waals surface area contributed by atoms with E-state index in [1.54, 1.807) is 18.5 Å². The maximum atomic E-state index is 13.2. The number of methoxy groups -OCH3 is 2. The van der Waals surface area contributed by atoms with Crippen molar-refractivity contribution >= 4 is 20.2 Å². The van der Waals surface area contributed by atoms with Gasteiger partial charge in [-0.25, -0.2) is 18.3 Å². The Hall–Kier alpha value is -1.44. The van der Waals surface area contributed by atoms with Crippen molar-refractivity contribution in [2.75, 3.05) is 46.2 Å². The number of rotatable bonds is 8. The Morgan fingerprint density at radius 1 is 1.15 bits per heavy atom. The third kappa shape index (κ3) is 5.15. The average Bonchev–Trinajstić information content (AvgIpc) is 2.78. The molecule has 10 nitrogen and oxygen atoms in total. The minimum atomic E-state index is -3.82. The van der Waals surface area contributed by atoms with Gasteiger partial charge in [-0.2, -0.15) is 12.7 Å². The van der Waals surface area contributed by atoms with E-state index in [0.717, 1.165) is 50.1 Å². The quantitative estimate of drug-likeness (QED) is 0.498. The molecule has 3 heterocycles. The van der Waals surface area contributed by atoms with E-state index in [9.17, 15) is 16.8 Å². The molecule has 1 aromatic carbocycles. The molecule has 186 valence electrons. The molecule has 0 unspecified atom stereocenters. The van der Waals surface area contributed by atoms with Crippen LogP contribution in [0.1, 0.15) is 42.9 Å². The highest BCUT2D eigenvalue weighted by molar-refractivity contribution is 7.89. The molecule has 0 saturated carbocycles. The van der Waals surface area contributed by atoms with E-state index >= 15 is 0 Å². The highest BCUT2D eigenvalue weighted by Gasteiger charge is 2.46. The van der Waals surface area contributed by atoms with Gasteiger partial charge in [-0.15, -0.1) is 0 Å². The summed E-state index contributed by atoms with van der Waals surface area (Å²) in [6.45, 7) is 2.31. The maximum absolute atomic E-state index is 13.2. The van der Waals surface area contributed by atoms with Crippen molar-refractivity contribution in [2.24, 2.45) is 11.1 Å². The molecular formula is C21H34N4O6S2. The van der Waals surface area contributed by atoms with E-state index in [2.05, 4.69) is 15.7 Å². The van der Waals surface area contributed by atoms with Crippen LogP contribution in [0.3, 0.4) is 0 Å². The second-order valence-corrected chi connectivity index (χ2v) is 12.5. The van der Waals surface area contributed by atoms with Gasteiger partial charge in [0.1, 0.15) is 0 Å². The Labute approximate surface area is 196 Å². The molecule has 0 radical (unpaired) electrons. The number of fused-ring (bicyclic) bond motifs is 4. The fourth-order valence-corrected chi connectivity index (χ4v) is 8.02. The lowest BCUT2D eigenvalue weighted by Gasteiger charge is -2.51. The van der Waals surface area contributed by atoms with E-state index in [0.29, 0.717) is 18.2 Å². The van der Waals surface area contributed by atoms with Crippen molar-refractivity contribution in [1.82, 2.24) is 13.9 Å². The predicted molar refractivity (Wildman–Crippen MR) is 125 cm³/mol. The first-order chi connectivity index (χ1) is 15.6. The highest BCUT2D eigenvalue weighted by Crippen LogP contribution is 2.47. The van der Waals surface area contributed by atoms with Gasteiger partial charge in [0.25, 0.3) is 10.2 Å². The lowest BCUT2D eigenvalue weighted by Crippen LogP contribution is -2.57. The molecule has 4 rings (SSSR count). The number of nitrogens with one attached hydrogen (secondary N) is 1. The Morgan fingerprint density at radius 3 is 2.64 bits per heavy atom. The van der Waals surface area contributed by atoms with E-state index in [1.165, 1.54) is 5.56 Å². The SMILES string of the molecule is COc1ccc2c(c1OC)CCN1C[C@@H]3CCCN(S(=O)(=O)CCCNS(N)(=O)=O)[C@@H]3C[C@@H]21. The standard InChI is InChI=1S/C21H34N4O6S2/c1-30-20-7-6-16-17(21(20)31-2)8-11-24-14-15-5-3-10-25(18(15)13-19(16)24)32(26,27)12-4-9-23-33(22,28)29/h6-7,15,18-19,23H,3-5,8-14H2,1-2H3,(H2,22,28,29)/t15-,18+,19-/m0/s1. The Bertz CT molecular complexity index is 1080. The smallest absolute Gasteiger partial charge is 0.274 e. The van der Waals surface area contributed by atoms with Crippen LogP contribution in [0.5, 0.6) is 11.5 Å². The molecular weight excluding hydrogens is 468 g/mol. The number of piperidine rings is 2. The van der Waals surface area contributed by atoms with Gasteiger partial charge in [-0.3, -0.25) is 4.90 Å².